The van der Waals surface area contributed by atoms with E-state index in [1.54, 1.807) is 11.3 Å². The lowest BCUT2D eigenvalue weighted by molar-refractivity contribution is 0.279. The largest absolute Gasteiger partial charge is 0.338 e. The number of likely N-dealkylation sites (tertiary alicyclic amines) is 1. The molecule has 0 amide bonds. The second-order valence-electron chi connectivity index (χ2n) is 5.17. The third kappa shape index (κ3) is 3.26. The Bertz CT molecular complexity index is 543. The van der Waals surface area contributed by atoms with Crippen LogP contribution in [-0.4, -0.2) is 28.1 Å². The predicted octanol–water partition coefficient (Wildman–Crippen LogP) is 2.63. The van der Waals surface area contributed by atoms with Crippen molar-refractivity contribution < 1.29 is 4.52 Å². The molecule has 1 saturated heterocycles. The summed E-state index contributed by atoms with van der Waals surface area (Å²) in [5.74, 6) is 1.14. The van der Waals surface area contributed by atoms with Crippen LogP contribution in [0.25, 0.3) is 10.7 Å². The highest BCUT2D eigenvalue weighted by Gasteiger charge is 2.13. The van der Waals surface area contributed by atoms with Gasteiger partial charge in [-0.3, -0.25) is 4.90 Å². The highest BCUT2D eigenvalue weighted by molar-refractivity contribution is 7.15. The zero-order valence-electron chi connectivity index (χ0n) is 11.5. The van der Waals surface area contributed by atoms with Crippen molar-refractivity contribution in [3.8, 4) is 10.7 Å². The smallest absolute Gasteiger partial charge is 0.240 e. The lowest BCUT2D eigenvalue weighted by atomic mass is 10.2. The summed E-state index contributed by atoms with van der Waals surface area (Å²) in [6.07, 6.45) is 5.39. The first-order valence-corrected chi connectivity index (χ1v) is 8.01. The highest BCUT2D eigenvalue weighted by Crippen LogP contribution is 2.27. The molecule has 5 nitrogen and oxygen atoms in total. The molecule has 0 saturated carbocycles. The Morgan fingerprint density at radius 2 is 2.00 bits per heavy atom. The minimum Gasteiger partial charge on any atom is -0.338 e. The molecule has 20 heavy (non-hydrogen) atoms. The molecule has 0 atom stereocenters. The first-order chi connectivity index (χ1) is 9.85. The van der Waals surface area contributed by atoms with Gasteiger partial charge in [-0.1, -0.05) is 18.0 Å². The van der Waals surface area contributed by atoms with Gasteiger partial charge in [0.15, 0.2) is 0 Å². The van der Waals surface area contributed by atoms with Crippen molar-refractivity contribution in [1.82, 2.24) is 15.0 Å². The molecule has 2 aromatic heterocycles. The molecule has 1 aliphatic rings. The van der Waals surface area contributed by atoms with Gasteiger partial charge in [-0.15, -0.1) is 11.3 Å². The molecule has 0 spiro atoms. The molecule has 3 rings (SSSR count). The van der Waals surface area contributed by atoms with Crippen LogP contribution in [-0.2, 0) is 13.1 Å². The molecule has 0 unspecified atom stereocenters. The lowest BCUT2D eigenvalue weighted by Gasteiger charge is -2.18. The van der Waals surface area contributed by atoms with Crippen LogP contribution in [0.3, 0.4) is 0 Å². The first kappa shape index (κ1) is 13.7. The standard InChI is InChI=1S/C14H20N4OS/c15-9-13-16-14(17-19-13)12-6-5-11(20-12)10-18-7-3-1-2-4-8-18/h5-6H,1-4,7-10,15H2. The van der Waals surface area contributed by atoms with E-state index in [0.717, 1.165) is 11.4 Å². The van der Waals surface area contributed by atoms with Gasteiger partial charge in [-0.05, 0) is 38.1 Å². The van der Waals surface area contributed by atoms with E-state index in [2.05, 4.69) is 27.2 Å². The van der Waals surface area contributed by atoms with E-state index in [4.69, 9.17) is 10.3 Å². The van der Waals surface area contributed by atoms with Crippen molar-refractivity contribution in [3.05, 3.63) is 22.9 Å². The Morgan fingerprint density at radius 3 is 2.70 bits per heavy atom. The fraction of sp³-hybridized carbons (Fsp3) is 0.571. The van der Waals surface area contributed by atoms with Gasteiger partial charge >= 0.3 is 0 Å². The maximum Gasteiger partial charge on any atom is 0.240 e. The molecule has 0 bridgehead atoms. The Hall–Kier alpha value is -1.24. The summed E-state index contributed by atoms with van der Waals surface area (Å²) in [7, 11) is 0. The van der Waals surface area contributed by atoms with Crippen LogP contribution in [0.5, 0.6) is 0 Å². The summed E-state index contributed by atoms with van der Waals surface area (Å²) in [5, 5.41) is 3.96. The van der Waals surface area contributed by atoms with E-state index in [1.165, 1.54) is 43.6 Å². The van der Waals surface area contributed by atoms with E-state index in [0.29, 0.717) is 18.3 Å². The van der Waals surface area contributed by atoms with Crippen molar-refractivity contribution in [2.24, 2.45) is 5.73 Å². The van der Waals surface area contributed by atoms with Crippen LogP contribution in [0.15, 0.2) is 16.7 Å². The van der Waals surface area contributed by atoms with E-state index in [-0.39, 0.29) is 0 Å². The molecule has 1 aliphatic heterocycles. The third-order valence-corrected chi connectivity index (χ3v) is 4.67. The molecule has 6 heteroatoms. The minimum absolute atomic E-state index is 0.291. The van der Waals surface area contributed by atoms with E-state index < -0.39 is 0 Å². The van der Waals surface area contributed by atoms with Crippen LogP contribution in [0, 0.1) is 0 Å². The zero-order chi connectivity index (χ0) is 13.8. The number of nitrogens with two attached hydrogens (primary N) is 1. The normalized spacial score (nSPS) is 17.2. The SMILES string of the molecule is NCc1nc(-c2ccc(CN3CCCCCC3)s2)no1. The predicted molar refractivity (Wildman–Crippen MR) is 79.2 cm³/mol. The fourth-order valence-corrected chi connectivity index (χ4v) is 3.51. The Balaban J connectivity index is 1.66. The van der Waals surface area contributed by atoms with Crippen molar-refractivity contribution >= 4 is 11.3 Å². The van der Waals surface area contributed by atoms with Gasteiger partial charge in [0, 0.05) is 11.4 Å². The number of hydrogen-bond acceptors (Lipinski definition) is 6. The molecule has 0 aromatic carbocycles. The Labute approximate surface area is 122 Å². The number of nitrogens with zero attached hydrogens (tertiary/aromatic N) is 3. The summed E-state index contributed by atoms with van der Waals surface area (Å²) in [6, 6.07) is 4.24. The molecule has 0 radical (unpaired) electrons. The lowest BCUT2D eigenvalue weighted by Crippen LogP contribution is -2.23. The average molecular weight is 292 g/mol. The topological polar surface area (TPSA) is 68.2 Å². The maximum atomic E-state index is 5.49. The van der Waals surface area contributed by atoms with Crippen LogP contribution in [0.4, 0.5) is 0 Å². The summed E-state index contributed by atoms with van der Waals surface area (Å²) < 4.78 is 5.05. The van der Waals surface area contributed by atoms with Gasteiger partial charge in [0.05, 0.1) is 11.4 Å². The van der Waals surface area contributed by atoms with Gasteiger partial charge in [-0.2, -0.15) is 4.98 Å². The number of thiophene rings is 1. The maximum absolute atomic E-state index is 5.49. The van der Waals surface area contributed by atoms with Crippen molar-refractivity contribution in [2.45, 2.75) is 38.8 Å². The summed E-state index contributed by atoms with van der Waals surface area (Å²) in [6.45, 7) is 3.75. The Kier molecular flexibility index (Phi) is 4.44. The van der Waals surface area contributed by atoms with Gasteiger partial charge < -0.3 is 10.3 Å². The number of aromatic nitrogens is 2. The van der Waals surface area contributed by atoms with Crippen LogP contribution < -0.4 is 5.73 Å². The first-order valence-electron chi connectivity index (χ1n) is 7.19. The van der Waals surface area contributed by atoms with E-state index in [1.807, 2.05) is 0 Å². The molecule has 0 aliphatic carbocycles. The van der Waals surface area contributed by atoms with Gasteiger partial charge in [0.25, 0.3) is 0 Å². The van der Waals surface area contributed by atoms with Crippen LogP contribution >= 0.6 is 11.3 Å². The number of rotatable bonds is 4. The Morgan fingerprint density at radius 1 is 1.20 bits per heavy atom. The van der Waals surface area contributed by atoms with Crippen molar-refractivity contribution in [1.29, 1.82) is 0 Å². The molecule has 3 heterocycles. The average Bonchev–Trinajstić information content (AvgIpc) is 3.04. The van der Waals surface area contributed by atoms with Crippen LogP contribution in [0.1, 0.15) is 36.5 Å². The minimum atomic E-state index is 0.291. The monoisotopic (exact) mass is 292 g/mol. The fourth-order valence-electron chi connectivity index (χ4n) is 2.54. The molecule has 2 N–H and O–H groups in total. The molecule has 108 valence electrons. The van der Waals surface area contributed by atoms with E-state index in [9.17, 15) is 0 Å². The van der Waals surface area contributed by atoms with Crippen LogP contribution in [0.2, 0.25) is 0 Å². The summed E-state index contributed by atoms with van der Waals surface area (Å²) in [4.78, 5) is 9.23. The summed E-state index contributed by atoms with van der Waals surface area (Å²) >= 11 is 1.74. The second kappa shape index (κ2) is 6.47. The van der Waals surface area contributed by atoms with Gasteiger partial charge in [0.1, 0.15) is 0 Å². The number of hydrogen-bond donors (Lipinski definition) is 1. The zero-order valence-corrected chi connectivity index (χ0v) is 12.4. The van der Waals surface area contributed by atoms with Gasteiger partial charge in [-0.25, -0.2) is 0 Å². The highest BCUT2D eigenvalue weighted by atomic mass is 32.1. The molecule has 2 aromatic rings. The molecular weight excluding hydrogens is 272 g/mol. The third-order valence-electron chi connectivity index (χ3n) is 3.60. The van der Waals surface area contributed by atoms with Crippen molar-refractivity contribution in [3.63, 3.8) is 0 Å². The van der Waals surface area contributed by atoms with E-state index >= 15 is 0 Å². The molecular formula is C14H20N4OS. The molecule has 1 fully saturated rings. The second-order valence-corrected chi connectivity index (χ2v) is 6.34. The van der Waals surface area contributed by atoms with Crippen molar-refractivity contribution in [2.75, 3.05) is 13.1 Å². The van der Waals surface area contributed by atoms with Gasteiger partial charge in [0.2, 0.25) is 11.7 Å². The quantitative estimate of drug-likeness (QED) is 0.938. The summed E-state index contributed by atoms with van der Waals surface area (Å²) in [5.41, 5.74) is 5.49.